The Bertz CT molecular complexity index is 634. The average molecular weight is 411 g/mol. The van der Waals surface area contributed by atoms with E-state index >= 15 is 0 Å². The van der Waals surface area contributed by atoms with Gasteiger partial charge in [0.25, 0.3) is 0 Å². The van der Waals surface area contributed by atoms with Crippen LogP contribution in [0.4, 0.5) is 8.78 Å². The van der Waals surface area contributed by atoms with Gasteiger partial charge in [-0.15, -0.1) is 0 Å². The first-order valence-corrected chi connectivity index (χ1v) is 7.22. The highest BCUT2D eigenvalue weighted by molar-refractivity contribution is 9.10. The third-order valence-electron chi connectivity index (χ3n) is 2.69. The minimum atomic E-state index is -0.928. The summed E-state index contributed by atoms with van der Waals surface area (Å²) in [5.74, 6) is -1.14. The molecule has 0 saturated carbocycles. The van der Waals surface area contributed by atoms with Crippen LogP contribution in [0.5, 0.6) is 0 Å². The molecule has 2 rings (SSSR count). The summed E-state index contributed by atoms with van der Waals surface area (Å²) in [6, 6.07) is 6.49. The van der Waals surface area contributed by atoms with Crippen molar-refractivity contribution in [2.75, 3.05) is 0 Å². The highest BCUT2D eigenvalue weighted by atomic mass is 79.9. The van der Waals surface area contributed by atoms with Crippen molar-refractivity contribution in [2.24, 2.45) is 5.73 Å². The Labute approximate surface area is 131 Å². The van der Waals surface area contributed by atoms with Gasteiger partial charge in [-0.25, -0.2) is 8.78 Å². The fourth-order valence-corrected chi connectivity index (χ4v) is 2.56. The van der Waals surface area contributed by atoms with E-state index in [0.717, 1.165) is 0 Å². The molecular formula is C13H8Br2ClF2N. The number of hydrogen-bond donors (Lipinski definition) is 1. The molecule has 0 radical (unpaired) electrons. The highest BCUT2D eigenvalue weighted by Gasteiger charge is 2.20. The molecule has 100 valence electrons. The summed E-state index contributed by atoms with van der Waals surface area (Å²) in [5, 5.41) is -0.0663. The molecule has 2 N–H and O–H groups in total. The van der Waals surface area contributed by atoms with Gasteiger partial charge in [0.1, 0.15) is 11.6 Å². The van der Waals surface area contributed by atoms with E-state index in [9.17, 15) is 8.78 Å². The first-order chi connectivity index (χ1) is 8.91. The summed E-state index contributed by atoms with van der Waals surface area (Å²) in [6.45, 7) is 0. The molecular weight excluding hydrogens is 403 g/mol. The van der Waals surface area contributed by atoms with Crippen molar-refractivity contribution in [3.05, 3.63) is 67.1 Å². The second-order valence-corrected chi connectivity index (χ2v) is 6.06. The maximum absolute atomic E-state index is 14.1. The van der Waals surface area contributed by atoms with Gasteiger partial charge in [0.2, 0.25) is 0 Å². The van der Waals surface area contributed by atoms with Crippen molar-refractivity contribution in [3.8, 4) is 0 Å². The Morgan fingerprint density at radius 3 is 2.42 bits per heavy atom. The standard InChI is InChI=1S/C13H8Br2ClF2N/c14-6-1-4-10(17)8(5-6)13(19)7-2-3-9(15)11(16)12(7)18/h1-5,13H,19H2. The molecule has 0 aliphatic carbocycles. The van der Waals surface area contributed by atoms with E-state index in [4.69, 9.17) is 17.3 Å². The molecule has 0 spiro atoms. The summed E-state index contributed by atoms with van der Waals surface area (Å²) in [4.78, 5) is 0. The Balaban J connectivity index is 2.53. The van der Waals surface area contributed by atoms with Crippen LogP contribution in [-0.2, 0) is 0 Å². The van der Waals surface area contributed by atoms with Gasteiger partial charge in [0.15, 0.2) is 0 Å². The van der Waals surface area contributed by atoms with E-state index in [0.29, 0.717) is 8.95 Å². The zero-order valence-corrected chi connectivity index (χ0v) is 13.4. The maximum atomic E-state index is 14.1. The smallest absolute Gasteiger partial charge is 0.148 e. The second kappa shape index (κ2) is 5.87. The van der Waals surface area contributed by atoms with Crippen LogP contribution in [0.3, 0.4) is 0 Å². The van der Waals surface area contributed by atoms with E-state index in [1.165, 1.54) is 18.2 Å². The Hall–Kier alpha value is -0.490. The van der Waals surface area contributed by atoms with Crippen molar-refractivity contribution in [3.63, 3.8) is 0 Å². The Morgan fingerprint density at radius 1 is 1.05 bits per heavy atom. The molecule has 0 fully saturated rings. The van der Waals surface area contributed by atoms with Gasteiger partial charge in [-0.1, -0.05) is 33.6 Å². The SMILES string of the molecule is NC(c1cc(Br)ccc1F)c1ccc(Br)c(Cl)c1F. The Morgan fingerprint density at radius 2 is 1.74 bits per heavy atom. The van der Waals surface area contributed by atoms with Gasteiger partial charge in [0.05, 0.1) is 11.1 Å². The normalized spacial score (nSPS) is 12.5. The van der Waals surface area contributed by atoms with Gasteiger partial charge in [-0.2, -0.15) is 0 Å². The van der Waals surface area contributed by atoms with Crippen LogP contribution in [0.15, 0.2) is 39.3 Å². The first kappa shape index (κ1) is 14.9. The molecule has 1 nitrogen and oxygen atoms in total. The van der Waals surface area contributed by atoms with E-state index in [1.54, 1.807) is 12.1 Å². The lowest BCUT2D eigenvalue weighted by Crippen LogP contribution is -2.15. The molecule has 0 heterocycles. The number of rotatable bonds is 2. The molecule has 0 aromatic heterocycles. The summed E-state index contributed by atoms with van der Waals surface area (Å²) in [7, 11) is 0. The van der Waals surface area contributed by atoms with Crippen LogP contribution in [-0.4, -0.2) is 0 Å². The van der Waals surface area contributed by atoms with Crippen molar-refractivity contribution < 1.29 is 8.78 Å². The maximum Gasteiger partial charge on any atom is 0.148 e. The first-order valence-electron chi connectivity index (χ1n) is 5.25. The van der Waals surface area contributed by atoms with Crippen LogP contribution in [0.2, 0.25) is 5.02 Å². The predicted octanol–water partition coefficient (Wildman–Crippen LogP) is 5.19. The van der Waals surface area contributed by atoms with E-state index in [2.05, 4.69) is 31.9 Å². The van der Waals surface area contributed by atoms with Gasteiger partial charge in [-0.3, -0.25) is 0 Å². The molecule has 1 atom stereocenters. The monoisotopic (exact) mass is 409 g/mol. The van der Waals surface area contributed by atoms with E-state index < -0.39 is 17.7 Å². The molecule has 0 aliphatic rings. The van der Waals surface area contributed by atoms with Crippen molar-refractivity contribution in [1.29, 1.82) is 0 Å². The quantitative estimate of drug-likeness (QED) is 0.676. The molecule has 0 aliphatic heterocycles. The summed E-state index contributed by atoms with van der Waals surface area (Å²) in [5.41, 5.74) is 6.28. The molecule has 6 heteroatoms. The van der Waals surface area contributed by atoms with E-state index in [1.807, 2.05) is 0 Å². The molecule has 1 unspecified atom stereocenters. The number of hydrogen-bond acceptors (Lipinski definition) is 1. The van der Waals surface area contributed by atoms with Crippen molar-refractivity contribution >= 4 is 43.5 Å². The summed E-state index contributed by atoms with van der Waals surface area (Å²) < 4.78 is 28.9. The lowest BCUT2D eigenvalue weighted by Gasteiger charge is -2.16. The van der Waals surface area contributed by atoms with E-state index in [-0.39, 0.29) is 16.1 Å². The van der Waals surface area contributed by atoms with Gasteiger partial charge in [0, 0.05) is 20.1 Å². The lowest BCUT2D eigenvalue weighted by molar-refractivity contribution is 0.575. The molecule has 19 heavy (non-hydrogen) atoms. The number of benzene rings is 2. The average Bonchev–Trinajstić information content (AvgIpc) is 2.38. The zero-order chi connectivity index (χ0) is 14.2. The molecule has 0 saturated heterocycles. The second-order valence-electron chi connectivity index (χ2n) is 3.91. The molecule has 0 amide bonds. The summed E-state index contributed by atoms with van der Waals surface area (Å²) in [6.07, 6.45) is 0. The van der Waals surface area contributed by atoms with Gasteiger partial charge >= 0.3 is 0 Å². The molecule has 2 aromatic carbocycles. The molecule has 2 aromatic rings. The summed E-state index contributed by atoms with van der Waals surface area (Å²) >= 11 is 12.2. The van der Waals surface area contributed by atoms with Crippen molar-refractivity contribution in [1.82, 2.24) is 0 Å². The topological polar surface area (TPSA) is 26.0 Å². The number of nitrogens with two attached hydrogens (primary N) is 1. The highest BCUT2D eigenvalue weighted by Crippen LogP contribution is 2.33. The van der Waals surface area contributed by atoms with Gasteiger partial charge < -0.3 is 5.73 Å². The van der Waals surface area contributed by atoms with Crippen LogP contribution in [0.1, 0.15) is 17.2 Å². The van der Waals surface area contributed by atoms with Crippen LogP contribution in [0, 0.1) is 11.6 Å². The number of halogens is 5. The minimum absolute atomic E-state index is 0.0663. The fraction of sp³-hybridized carbons (Fsp3) is 0.0769. The van der Waals surface area contributed by atoms with Crippen molar-refractivity contribution in [2.45, 2.75) is 6.04 Å². The third-order valence-corrected chi connectivity index (χ3v) is 4.45. The lowest BCUT2D eigenvalue weighted by atomic mass is 9.99. The van der Waals surface area contributed by atoms with Crippen LogP contribution >= 0.6 is 43.5 Å². The molecule has 0 bridgehead atoms. The fourth-order valence-electron chi connectivity index (χ4n) is 1.70. The van der Waals surface area contributed by atoms with Crippen LogP contribution < -0.4 is 5.73 Å². The van der Waals surface area contributed by atoms with Crippen LogP contribution in [0.25, 0.3) is 0 Å². The zero-order valence-electron chi connectivity index (χ0n) is 9.43. The predicted molar refractivity (Wildman–Crippen MR) is 79.2 cm³/mol. The Kier molecular flexibility index (Phi) is 4.61. The largest absolute Gasteiger partial charge is 0.320 e. The third kappa shape index (κ3) is 2.99. The minimum Gasteiger partial charge on any atom is -0.320 e. The van der Waals surface area contributed by atoms with Gasteiger partial charge in [-0.05, 0) is 40.2 Å².